The molecule has 0 radical (unpaired) electrons. The Balaban J connectivity index is 2.25. The number of hydrogen-bond acceptors (Lipinski definition) is 4. The van der Waals surface area contributed by atoms with Gasteiger partial charge in [-0.2, -0.15) is 0 Å². The fraction of sp³-hybridized carbons (Fsp3) is 0.250. The lowest BCUT2D eigenvalue weighted by Gasteiger charge is -2.18. The van der Waals surface area contributed by atoms with Crippen molar-refractivity contribution in [3.05, 3.63) is 58.1 Å². The number of hydrogen-bond donors (Lipinski definition) is 2. The molecule has 5 heteroatoms. The van der Waals surface area contributed by atoms with Crippen LogP contribution in [0.4, 0.5) is 0 Å². The van der Waals surface area contributed by atoms with Crippen LogP contribution in [0.2, 0.25) is 0 Å². The smallest absolute Gasteiger partial charge is 0.122 e. The number of rotatable bonds is 6. The van der Waals surface area contributed by atoms with Crippen LogP contribution in [0.1, 0.15) is 17.2 Å². The number of methoxy groups -OCH3 is 2. The molecule has 0 saturated carbocycles. The van der Waals surface area contributed by atoms with Crippen molar-refractivity contribution in [2.24, 2.45) is 5.84 Å². The fourth-order valence-corrected chi connectivity index (χ4v) is 2.42. The number of nitrogens with two attached hydrogens (primary N) is 1. The number of hydrazine groups is 1. The third-order valence-corrected chi connectivity index (χ3v) is 3.86. The molecule has 0 aliphatic rings. The Labute approximate surface area is 133 Å². The molecule has 0 aliphatic heterocycles. The molecule has 2 aromatic carbocycles. The molecule has 0 heterocycles. The Kier molecular flexibility index (Phi) is 5.61. The van der Waals surface area contributed by atoms with Gasteiger partial charge in [0.15, 0.2) is 0 Å². The molecular formula is C16H19BrN2O2. The van der Waals surface area contributed by atoms with Gasteiger partial charge in [-0.1, -0.05) is 28.1 Å². The number of benzene rings is 2. The van der Waals surface area contributed by atoms with Crippen LogP contribution >= 0.6 is 15.9 Å². The lowest BCUT2D eigenvalue weighted by molar-refractivity contribution is 0.391. The monoisotopic (exact) mass is 350 g/mol. The van der Waals surface area contributed by atoms with E-state index in [9.17, 15) is 0 Å². The van der Waals surface area contributed by atoms with Crippen LogP contribution in [0.15, 0.2) is 46.9 Å². The van der Waals surface area contributed by atoms with Crippen LogP contribution in [0.3, 0.4) is 0 Å². The van der Waals surface area contributed by atoms with Crippen molar-refractivity contribution in [2.75, 3.05) is 14.2 Å². The molecule has 0 aliphatic carbocycles. The van der Waals surface area contributed by atoms with E-state index in [1.807, 2.05) is 30.3 Å². The van der Waals surface area contributed by atoms with Crippen LogP contribution < -0.4 is 20.7 Å². The third-order valence-electron chi connectivity index (χ3n) is 3.33. The molecule has 21 heavy (non-hydrogen) atoms. The van der Waals surface area contributed by atoms with Crippen molar-refractivity contribution < 1.29 is 9.47 Å². The van der Waals surface area contributed by atoms with E-state index in [0.29, 0.717) is 0 Å². The summed E-state index contributed by atoms with van der Waals surface area (Å²) in [6.07, 6.45) is 0.778. The van der Waals surface area contributed by atoms with E-state index in [2.05, 4.69) is 33.5 Å². The fourth-order valence-electron chi connectivity index (χ4n) is 2.16. The summed E-state index contributed by atoms with van der Waals surface area (Å²) in [6, 6.07) is 14.0. The minimum Gasteiger partial charge on any atom is -0.497 e. The highest BCUT2D eigenvalue weighted by molar-refractivity contribution is 9.10. The summed E-state index contributed by atoms with van der Waals surface area (Å²) in [7, 11) is 3.27. The van der Waals surface area contributed by atoms with Gasteiger partial charge in [-0.15, -0.1) is 0 Å². The SMILES string of the molecule is COc1cc(OC)cc(C(Cc2ccc(Br)cc2)NN)c1. The quantitative estimate of drug-likeness (QED) is 0.620. The van der Waals surface area contributed by atoms with Crippen molar-refractivity contribution in [3.8, 4) is 11.5 Å². The molecule has 0 saturated heterocycles. The van der Waals surface area contributed by atoms with Crippen molar-refractivity contribution >= 4 is 15.9 Å². The lowest BCUT2D eigenvalue weighted by Crippen LogP contribution is -2.29. The lowest BCUT2D eigenvalue weighted by atomic mass is 9.99. The molecule has 2 rings (SSSR count). The van der Waals surface area contributed by atoms with Crippen LogP contribution in [0, 0.1) is 0 Å². The normalized spacial score (nSPS) is 12.0. The highest BCUT2D eigenvalue weighted by Gasteiger charge is 2.13. The van der Waals surface area contributed by atoms with Gasteiger partial charge in [0, 0.05) is 10.5 Å². The third kappa shape index (κ3) is 4.20. The Hall–Kier alpha value is -1.56. The summed E-state index contributed by atoms with van der Waals surface area (Å²) >= 11 is 3.44. The maximum atomic E-state index is 5.72. The molecule has 0 amide bonds. The number of halogens is 1. The highest BCUT2D eigenvalue weighted by Crippen LogP contribution is 2.28. The zero-order chi connectivity index (χ0) is 15.2. The molecule has 4 nitrogen and oxygen atoms in total. The second kappa shape index (κ2) is 7.45. The van der Waals surface area contributed by atoms with E-state index in [1.54, 1.807) is 14.2 Å². The van der Waals surface area contributed by atoms with Crippen molar-refractivity contribution in [1.82, 2.24) is 5.43 Å². The maximum absolute atomic E-state index is 5.72. The van der Waals surface area contributed by atoms with Gasteiger partial charge in [-0.25, -0.2) is 0 Å². The van der Waals surface area contributed by atoms with Gasteiger partial charge < -0.3 is 9.47 Å². The molecule has 0 spiro atoms. The first-order chi connectivity index (χ1) is 10.2. The molecule has 1 unspecified atom stereocenters. The number of nitrogens with one attached hydrogen (secondary N) is 1. The van der Waals surface area contributed by atoms with Gasteiger partial charge in [0.1, 0.15) is 11.5 Å². The van der Waals surface area contributed by atoms with E-state index in [0.717, 1.165) is 28.0 Å². The molecule has 3 N–H and O–H groups in total. The average Bonchev–Trinajstić information content (AvgIpc) is 2.53. The molecular weight excluding hydrogens is 332 g/mol. The zero-order valence-corrected chi connectivity index (χ0v) is 13.7. The van der Waals surface area contributed by atoms with E-state index < -0.39 is 0 Å². The second-order valence-corrected chi connectivity index (χ2v) is 5.61. The van der Waals surface area contributed by atoms with E-state index in [-0.39, 0.29) is 6.04 Å². The predicted molar refractivity (Wildman–Crippen MR) is 87.5 cm³/mol. The van der Waals surface area contributed by atoms with Crippen molar-refractivity contribution in [2.45, 2.75) is 12.5 Å². The minimum atomic E-state index is -0.0184. The highest BCUT2D eigenvalue weighted by atomic mass is 79.9. The summed E-state index contributed by atoms with van der Waals surface area (Å²) in [5, 5.41) is 0. The van der Waals surface area contributed by atoms with Gasteiger partial charge in [-0.05, 0) is 41.8 Å². The van der Waals surface area contributed by atoms with Crippen molar-refractivity contribution in [1.29, 1.82) is 0 Å². The zero-order valence-electron chi connectivity index (χ0n) is 12.1. The van der Waals surface area contributed by atoms with E-state index >= 15 is 0 Å². The molecule has 112 valence electrons. The van der Waals surface area contributed by atoms with Gasteiger partial charge >= 0.3 is 0 Å². The first kappa shape index (κ1) is 15.8. The molecule has 0 bridgehead atoms. The summed E-state index contributed by atoms with van der Waals surface area (Å²) in [6.45, 7) is 0. The van der Waals surface area contributed by atoms with Crippen LogP contribution in [0.5, 0.6) is 11.5 Å². The Morgan fingerprint density at radius 2 is 1.62 bits per heavy atom. The van der Waals surface area contributed by atoms with Crippen molar-refractivity contribution in [3.63, 3.8) is 0 Å². The first-order valence-electron chi connectivity index (χ1n) is 6.59. The average molecular weight is 351 g/mol. The predicted octanol–water partition coefficient (Wildman–Crippen LogP) is 3.21. The standard InChI is InChI=1S/C16H19BrN2O2/c1-20-14-8-12(9-15(10-14)21-2)16(19-18)7-11-3-5-13(17)6-4-11/h3-6,8-10,16,19H,7,18H2,1-2H3. The summed E-state index contributed by atoms with van der Waals surface area (Å²) in [4.78, 5) is 0. The van der Waals surface area contributed by atoms with Gasteiger partial charge in [0.2, 0.25) is 0 Å². The summed E-state index contributed by atoms with van der Waals surface area (Å²) in [5.74, 6) is 7.23. The van der Waals surface area contributed by atoms with E-state index in [4.69, 9.17) is 15.3 Å². The Morgan fingerprint density at radius 1 is 1.05 bits per heavy atom. The molecule has 1 atom stereocenters. The summed E-state index contributed by atoms with van der Waals surface area (Å²) in [5.41, 5.74) is 5.08. The Bertz CT molecular complexity index is 565. The summed E-state index contributed by atoms with van der Waals surface area (Å²) < 4.78 is 11.7. The van der Waals surface area contributed by atoms with Crippen LogP contribution in [0.25, 0.3) is 0 Å². The first-order valence-corrected chi connectivity index (χ1v) is 7.39. The van der Waals surface area contributed by atoms with Gasteiger partial charge in [0.05, 0.1) is 20.3 Å². The second-order valence-electron chi connectivity index (χ2n) is 4.70. The van der Waals surface area contributed by atoms with Gasteiger partial charge in [-0.3, -0.25) is 11.3 Å². The number of ether oxygens (including phenoxy) is 2. The largest absolute Gasteiger partial charge is 0.497 e. The van der Waals surface area contributed by atoms with Crippen LogP contribution in [-0.4, -0.2) is 14.2 Å². The van der Waals surface area contributed by atoms with E-state index in [1.165, 1.54) is 5.56 Å². The Morgan fingerprint density at radius 3 is 2.10 bits per heavy atom. The minimum absolute atomic E-state index is 0.0184. The van der Waals surface area contributed by atoms with Crippen LogP contribution in [-0.2, 0) is 6.42 Å². The maximum Gasteiger partial charge on any atom is 0.122 e. The van der Waals surface area contributed by atoms with Gasteiger partial charge in [0.25, 0.3) is 0 Å². The molecule has 0 aromatic heterocycles. The topological polar surface area (TPSA) is 56.5 Å². The molecule has 0 fully saturated rings. The molecule has 2 aromatic rings.